The molecule has 1 saturated heterocycles. The highest BCUT2D eigenvalue weighted by molar-refractivity contribution is 5.92. The van der Waals surface area contributed by atoms with Crippen molar-refractivity contribution in [3.8, 4) is 0 Å². The predicted molar refractivity (Wildman–Crippen MR) is 92.9 cm³/mol. The fourth-order valence-corrected chi connectivity index (χ4v) is 4.04. The first kappa shape index (κ1) is 17.4. The van der Waals surface area contributed by atoms with Crippen molar-refractivity contribution in [2.45, 2.75) is 57.6 Å². The molecule has 6 heteroatoms. The van der Waals surface area contributed by atoms with E-state index < -0.39 is 0 Å². The SMILES string of the molecule is CCCc1cc(C(=O)N2CCN([C@@H]3CCCC[C@H]3O)CC2)n(C)n1. The molecule has 1 aromatic heterocycles. The van der Waals surface area contributed by atoms with Crippen molar-refractivity contribution in [3.63, 3.8) is 0 Å². The quantitative estimate of drug-likeness (QED) is 0.905. The molecule has 0 aromatic carbocycles. The second-order valence-corrected chi connectivity index (χ2v) is 7.14. The third-order valence-electron chi connectivity index (χ3n) is 5.42. The van der Waals surface area contributed by atoms with E-state index in [0.717, 1.165) is 64.0 Å². The molecule has 2 aliphatic rings. The van der Waals surface area contributed by atoms with Crippen molar-refractivity contribution in [2.75, 3.05) is 26.2 Å². The Morgan fingerprint density at radius 3 is 2.62 bits per heavy atom. The molecule has 1 saturated carbocycles. The van der Waals surface area contributed by atoms with Crippen molar-refractivity contribution in [3.05, 3.63) is 17.5 Å². The van der Waals surface area contributed by atoms with E-state index in [-0.39, 0.29) is 18.1 Å². The summed E-state index contributed by atoms with van der Waals surface area (Å²) in [5.74, 6) is 0.0798. The van der Waals surface area contributed by atoms with Gasteiger partial charge in [0, 0.05) is 39.3 Å². The number of amides is 1. The summed E-state index contributed by atoms with van der Waals surface area (Å²) in [4.78, 5) is 17.1. The lowest BCUT2D eigenvalue weighted by molar-refractivity contribution is -0.00191. The molecule has 24 heavy (non-hydrogen) atoms. The second-order valence-electron chi connectivity index (χ2n) is 7.14. The number of aliphatic hydroxyl groups is 1. The lowest BCUT2D eigenvalue weighted by atomic mass is 9.91. The zero-order valence-corrected chi connectivity index (χ0v) is 14.9. The van der Waals surface area contributed by atoms with E-state index in [4.69, 9.17) is 0 Å². The van der Waals surface area contributed by atoms with Crippen LogP contribution in [0.2, 0.25) is 0 Å². The summed E-state index contributed by atoms with van der Waals surface area (Å²) in [7, 11) is 1.85. The molecule has 6 nitrogen and oxygen atoms in total. The molecule has 0 unspecified atom stereocenters. The van der Waals surface area contributed by atoms with Crippen LogP contribution in [-0.2, 0) is 13.5 Å². The first-order valence-electron chi connectivity index (χ1n) is 9.34. The number of aryl methyl sites for hydroxylation is 2. The molecule has 1 amide bonds. The third kappa shape index (κ3) is 3.64. The Labute approximate surface area is 144 Å². The van der Waals surface area contributed by atoms with Crippen LogP contribution in [0.1, 0.15) is 55.2 Å². The Hall–Kier alpha value is -1.40. The Morgan fingerprint density at radius 2 is 1.96 bits per heavy atom. The molecular formula is C18H30N4O2. The van der Waals surface area contributed by atoms with Gasteiger partial charge < -0.3 is 10.0 Å². The van der Waals surface area contributed by atoms with Crippen LogP contribution < -0.4 is 0 Å². The van der Waals surface area contributed by atoms with Gasteiger partial charge in [-0.25, -0.2) is 0 Å². The van der Waals surface area contributed by atoms with Crippen molar-refractivity contribution >= 4 is 5.91 Å². The molecule has 2 atom stereocenters. The number of aliphatic hydroxyl groups excluding tert-OH is 1. The summed E-state index contributed by atoms with van der Waals surface area (Å²) in [5, 5.41) is 14.7. The fraction of sp³-hybridized carbons (Fsp3) is 0.778. The number of hydrogen-bond donors (Lipinski definition) is 1. The number of nitrogens with zero attached hydrogens (tertiary/aromatic N) is 4. The van der Waals surface area contributed by atoms with Crippen molar-refractivity contribution in [2.24, 2.45) is 7.05 Å². The molecule has 3 rings (SSSR count). The molecule has 1 N–H and O–H groups in total. The molecule has 1 aromatic rings. The van der Waals surface area contributed by atoms with Gasteiger partial charge in [0.2, 0.25) is 0 Å². The normalized spacial score (nSPS) is 25.9. The number of piperazine rings is 1. The number of rotatable bonds is 4. The minimum Gasteiger partial charge on any atom is -0.391 e. The van der Waals surface area contributed by atoms with Gasteiger partial charge in [-0.1, -0.05) is 26.2 Å². The Kier molecular flexibility index (Phi) is 5.56. The van der Waals surface area contributed by atoms with Gasteiger partial charge in [-0.2, -0.15) is 5.10 Å². The lowest BCUT2D eigenvalue weighted by Gasteiger charge is -2.42. The second kappa shape index (κ2) is 7.66. The molecule has 0 spiro atoms. The van der Waals surface area contributed by atoms with Crippen molar-refractivity contribution < 1.29 is 9.90 Å². The standard InChI is InChI=1S/C18H30N4O2/c1-3-6-14-13-16(20(2)19-14)18(24)22-11-9-21(10-12-22)15-7-4-5-8-17(15)23/h13,15,17,23H,3-12H2,1-2H3/t15-,17-/m1/s1. The van der Waals surface area contributed by atoms with Gasteiger partial charge in [-0.05, 0) is 25.3 Å². The molecule has 0 radical (unpaired) electrons. The van der Waals surface area contributed by atoms with E-state index in [1.54, 1.807) is 4.68 Å². The van der Waals surface area contributed by atoms with E-state index in [9.17, 15) is 9.90 Å². The van der Waals surface area contributed by atoms with Crippen LogP contribution in [0.25, 0.3) is 0 Å². The van der Waals surface area contributed by atoms with Gasteiger partial charge >= 0.3 is 0 Å². The maximum Gasteiger partial charge on any atom is 0.272 e. The Balaban J connectivity index is 1.59. The van der Waals surface area contributed by atoms with Crippen LogP contribution in [0.3, 0.4) is 0 Å². The maximum atomic E-state index is 12.8. The Morgan fingerprint density at radius 1 is 1.25 bits per heavy atom. The molecule has 2 heterocycles. The number of hydrogen-bond acceptors (Lipinski definition) is 4. The minimum atomic E-state index is -0.199. The number of aromatic nitrogens is 2. The van der Waals surface area contributed by atoms with Crippen LogP contribution in [0, 0.1) is 0 Å². The van der Waals surface area contributed by atoms with E-state index in [2.05, 4.69) is 16.9 Å². The van der Waals surface area contributed by atoms with Crippen LogP contribution in [0.15, 0.2) is 6.07 Å². The van der Waals surface area contributed by atoms with Crippen LogP contribution in [0.4, 0.5) is 0 Å². The largest absolute Gasteiger partial charge is 0.391 e. The average molecular weight is 334 g/mol. The Bertz CT molecular complexity index is 563. The topological polar surface area (TPSA) is 61.6 Å². The highest BCUT2D eigenvalue weighted by Gasteiger charge is 2.32. The zero-order valence-electron chi connectivity index (χ0n) is 14.9. The van der Waals surface area contributed by atoms with E-state index in [1.165, 1.54) is 6.42 Å². The molecule has 2 fully saturated rings. The minimum absolute atomic E-state index is 0.0798. The average Bonchev–Trinajstić information content (AvgIpc) is 2.96. The van der Waals surface area contributed by atoms with E-state index >= 15 is 0 Å². The van der Waals surface area contributed by atoms with Crippen LogP contribution >= 0.6 is 0 Å². The molecule has 134 valence electrons. The summed E-state index contributed by atoms with van der Waals surface area (Å²) in [6.45, 7) is 5.29. The zero-order chi connectivity index (χ0) is 17.1. The van der Waals surface area contributed by atoms with Gasteiger partial charge in [0.25, 0.3) is 5.91 Å². The molecule has 0 bridgehead atoms. The van der Waals surface area contributed by atoms with Gasteiger partial charge in [0.05, 0.1) is 11.8 Å². The molecule has 1 aliphatic carbocycles. The van der Waals surface area contributed by atoms with Crippen molar-refractivity contribution in [1.82, 2.24) is 19.6 Å². The lowest BCUT2D eigenvalue weighted by Crippen LogP contribution is -2.55. The summed E-state index contributed by atoms with van der Waals surface area (Å²) in [6.07, 6.45) is 6.08. The first-order valence-corrected chi connectivity index (χ1v) is 9.34. The number of carbonyl (C=O) groups is 1. The fourth-order valence-electron chi connectivity index (χ4n) is 4.04. The summed E-state index contributed by atoms with van der Waals surface area (Å²) < 4.78 is 1.71. The summed E-state index contributed by atoms with van der Waals surface area (Å²) >= 11 is 0. The van der Waals surface area contributed by atoms with Gasteiger partial charge in [0.1, 0.15) is 5.69 Å². The predicted octanol–water partition coefficient (Wildman–Crippen LogP) is 1.43. The molecular weight excluding hydrogens is 304 g/mol. The monoisotopic (exact) mass is 334 g/mol. The number of carbonyl (C=O) groups excluding carboxylic acids is 1. The van der Waals surface area contributed by atoms with E-state index in [1.807, 2.05) is 18.0 Å². The van der Waals surface area contributed by atoms with Crippen LogP contribution in [-0.4, -0.2) is 68.9 Å². The third-order valence-corrected chi connectivity index (χ3v) is 5.42. The highest BCUT2D eigenvalue weighted by atomic mass is 16.3. The first-order chi connectivity index (χ1) is 11.6. The van der Waals surface area contributed by atoms with E-state index in [0.29, 0.717) is 5.69 Å². The summed E-state index contributed by atoms with van der Waals surface area (Å²) in [5.41, 5.74) is 1.68. The van der Waals surface area contributed by atoms with Gasteiger partial charge in [0.15, 0.2) is 0 Å². The summed E-state index contributed by atoms with van der Waals surface area (Å²) in [6, 6.07) is 2.21. The van der Waals surface area contributed by atoms with Crippen molar-refractivity contribution in [1.29, 1.82) is 0 Å². The van der Waals surface area contributed by atoms with Gasteiger partial charge in [-0.15, -0.1) is 0 Å². The smallest absolute Gasteiger partial charge is 0.272 e. The maximum absolute atomic E-state index is 12.8. The molecule has 1 aliphatic heterocycles. The van der Waals surface area contributed by atoms with Crippen LogP contribution in [0.5, 0.6) is 0 Å². The van der Waals surface area contributed by atoms with Gasteiger partial charge in [-0.3, -0.25) is 14.4 Å². The highest BCUT2D eigenvalue weighted by Crippen LogP contribution is 2.24.